The molecule has 1 aromatic heterocycles. The van der Waals surface area contributed by atoms with Gasteiger partial charge in [-0.25, -0.2) is 4.79 Å². The molecule has 0 radical (unpaired) electrons. The van der Waals surface area contributed by atoms with Gasteiger partial charge in [0.15, 0.2) is 0 Å². The maximum Gasteiger partial charge on any atom is 0.417 e. The van der Waals surface area contributed by atoms with E-state index in [2.05, 4.69) is 0 Å². The van der Waals surface area contributed by atoms with Gasteiger partial charge in [0, 0.05) is 5.39 Å². The van der Waals surface area contributed by atoms with Gasteiger partial charge in [-0.1, -0.05) is 18.2 Å². The van der Waals surface area contributed by atoms with Crippen LogP contribution in [0.2, 0.25) is 0 Å². The minimum Gasteiger partial charge on any atom is -0.475 e. The average Bonchev–Trinajstić information content (AvgIpc) is 3.01. The van der Waals surface area contributed by atoms with Crippen molar-refractivity contribution in [2.75, 3.05) is 0 Å². The fourth-order valence-electron chi connectivity index (χ4n) is 2.85. The van der Waals surface area contributed by atoms with Crippen LogP contribution in [0.25, 0.3) is 11.0 Å². The highest BCUT2D eigenvalue weighted by molar-refractivity contribution is 5.91. The average molecular weight is 402 g/mol. The van der Waals surface area contributed by atoms with Crippen molar-refractivity contribution in [2.45, 2.75) is 25.2 Å². The number of aryl methyl sites for hydroxylation is 2. The van der Waals surface area contributed by atoms with Crippen molar-refractivity contribution in [1.82, 2.24) is 0 Å². The Morgan fingerprint density at radius 3 is 1.96 bits per heavy atom. The second-order valence-electron chi connectivity index (χ2n) is 6.16. The number of rotatable bonds is 4. The molecule has 0 saturated heterocycles. The Bertz CT molecular complexity index is 1030. The van der Waals surface area contributed by atoms with Crippen LogP contribution in [0.1, 0.15) is 32.8 Å². The first kappa shape index (κ1) is 19.8. The minimum absolute atomic E-state index is 0.0687. The van der Waals surface area contributed by atoms with E-state index in [1.165, 1.54) is 6.07 Å². The van der Waals surface area contributed by atoms with Crippen LogP contribution in [0.3, 0.4) is 0 Å². The quantitative estimate of drug-likeness (QED) is 0.549. The topological polar surface area (TPSA) is 50.4 Å². The molecule has 0 fully saturated rings. The first-order valence-corrected chi connectivity index (χ1v) is 7.98. The third-order valence-corrected chi connectivity index (χ3v) is 4.19. The smallest absolute Gasteiger partial charge is 0.417 e. The van der Waals surface area contributed by atoms with Crippen molar-refractivity contribution in [3.8, 4) is 0 Å². The van der Waals surface area contributed by atoms with Crippen LogP contribution >= 0.6 is 0 Å². The fraction of sp³-hybridized carbons (Fsp3) is 0.211. The standard InChI is InChI=1S/C19H12F6O3/c20-18(21,22)13-6-4-10(7-14(13)19(23,24)25)1-2-11-3-5-12-9-16(17(26)27)28-15(12)8-11/h3-9H,1-2H2,(H,26,27). The molecule has 0 aliphatic carbocycles. The molecular formula is C19H12F6O3. The normalized spacial score (nSPS) is 12.5. The maximum absolute atomic E-state index is 13.0. The summed E-state index contributed by atoms with van der Waals surface area (Å²) < 4.78 is 82.6. The molecule has 0 unspecified atom stereocenters. The predicted octanol–water partition coefficient (Wildman–Crippen LogP) is 5.95. The molecule has 0 amide bonds. The molecule has 3 nitrogen and oxygen atoms in total. The van der Waals surface area contributed by atoms with E-state index in [0.717, 1.165) is 6.07 Å². The number of alkyl halides is 6. The summed E-state index contributed by atoms with van der Waals surface area (Å²) in [6.07, 6.45) is -9.92. The second-order valence-corrected chi connectivity index (χ2v) is 6.16. The number of aromatic carboxylic acids is 1. The summed E-state index contributed by atoms with van der Waals surface area (Å²) in [5.41, 5.74) is -2.39. The SMILES string of the molecule is O=C(O)c1cc2ccc(CCc3ccc(C(F)(F)F)c(C(F)(F)F)c3)cc2o1. The Labute approximate surface area is 154 Å². The Hall–Kier alpha value is -2.97. The Balaban J connectivity index is 1.84. The third kappa shape index (κ3) is 4.13. The number of hydrogen-bond acceptors (Lipinski definition) is 2. The van der Waals surface area contributed by atoms with Gasteiger partial charge >= 0.3 is 18.3 Å². The first-order chi connectivity index (χ1) is 12.9. The Morgan fingerprint density at radius 1 is 0.821 bits per heavy atom. The lowest BCUT2D eigenvalue weighted by atomic mass is 9.98. The summed E-state index contributed by atoms with van der Waals surface area (Å²) >= 11 is 0. The third-order valence-electron chi connectivity index (χ3n) is 4.19. The second kappa shape index (κ2) is 6.88. The van der Waals surface area contributed by atoms with Crippen LogP contribution < -0.4 is 0 Å². The van der Waals surface area contributed by atoms with E-state index in [1.807, 2.05) is 0 Å². The molecule has 0 atom stereocenters. The molecule has 1 N–H and O–H groups in total. The highest BCUT2D eigenvalue weighted by Crippen LogP contribution is 2.40. The molecule has 0 saturated carbocycles. The number of hydrogen-bond donors (Lipinski definition) is 1. The van der Waals surface area contributed by atoms with Crippen LogP contribution in [0.5, 0.6) is 0 Å². The zero-order valence-electron chi connectivity index (χ0n) is 14.0. The molecule has 0 aliphatic rings. The van der Waals surface area contributed by atoms with Gasteiger partial charge in [0.25, 0.3) is 0 Å². The van der Waals surface area contributed by atoms with E-state index < -0.39 is 29.4 Å². The number of fused-ring (bicyclic) bond motifs is 1. The van der Waals surface area contributed by atoms with E-state index >= 15 is 0 Å². The molecule has 2 aromatic carbocycles. The van der Waals surface area contributed by atoms with Crippen molar-refractivity contribution in [1.29, 1.82) is 0 Å². The zero-order chi connectivity index (χ0) is 20.7. The molecule has 3 aromatic rings. The van der Waals surface area contributed by atoms with Gasteiger partial charge < -0.3 is 9.52 Å². The Morgan fingerprint density at radius 2 is 1.39 bits per heavy atom. The van der Waals surface area contributed by atoms with Gasteiger partial charge in [-0.15, -0.1) is 0 Å². The maximum atomic E-state index is 13.0. The zero-order valence-corrected chi connectivity index (χ0v) is 14.0. The van der Waals surface area contributed by atoms with Crippen molar-refractivity contribution < 1.29 is 40.7 Å². The highest BCUT2D eigenvalue weighted by atomic mass is 19.4. The van der Waals surface area contributed by atoms with E-state index in [0.29, 0.717) is 28.7 Å². The highest BCUT2D eigenvalue weighted by Gasteiger charge is 2.42. The van der Waals surface area contributed by atoms with Crippen molar-refractivity contribution >= 4 is 16.9 Å². The summed E-state index contributed by atoms with van der Waals surface area (Å²) in [6, 6.07) is 8.12. The molecule has 3 rings (SSSR count). The number of benzene rings is 2. The molecular weight excluding hydrogens is 390 g/mol. The van der Waals surface area contributed by atoms with Crippen LogP contribution in [-0.4, -0.2) is 11.1 Å². The molecule has 148 valence electrons. The summed E-state index contributed by atoms with van der Waals surface area (Å²) in [5.74, 6) is -1.48. The van der Waals surface area contributed by atoms with Gasteiger partial charge in [-0.3, -0.25) is 0 Å². The lowest BCUT2D eigenvalue weighted by Crippen LogP contribution is -2.17. The van der Waals surface area contributed by atoms with E-state index in [4.69, 9.17) is 9.52 Å². The number of carboxylic acids is 1. The van der Waals surface area contributed by atoms with Gasteiger partial charge in [-0.05, 0) is 48.2 Å². The first-order valence-electron chi connectivity index (χ1n) is 7.98. The van der Waals surface area contributed by atoms with Crippen molar-refractivity contribution in [3.05, 3.63) is 70.5 Å². The van der Waals surface area contributed by atoms with E-state index in [-0.39, 0.29) is 24.2 Å². The monoisotopic (exact) mass is 402 g/mol. The number of carboxylic acid groups (broad SMARTS) is 1. The van der Waals surface area contributed by atoms with Gasteiger partial charge in [0.05, 0.1) is 11.1 Å². The summed E-state index contributed by atoms with van der Waals surface area (Å²) in [7, 11) is 0. The van der Waals surface area contributed by atoms with Crippen molar-refractivity contribution in [2.24, 2.45) is 0 Å². The minimum atomic E-state index is -5.12. The van der Waals surface area contributed by atoms with Crippen LogP contribution in [-0.2, 0) is 25.2 Å². The van der Waals surface area contributed by atoms with E-state index in [9.17, 15) is 31.1 Å². The van der Waals surface area contributed by atoms with Gasteiger partial charge in [0.1, 0.15) is 5.58 Å². The lowest BCUT2D eigenvalue weighted by Gasteiger charge is -2.16. The molecule has 28 heavy (non-hydrogen) atoms. The molecule has 9 heteroatoms. The van der Waals surface area contributed by atoms with Crippen LogP contribution in [0, 0.1) is 0 Å². The molecule has 1 heterocycles. The number of furan rings is 1. The van der Waals surface area contributed by atoms with Crippen LogP contribution in [0.4, 0.5) is 26.3 Å². The fourth-order valence-corrected chi connectivity index (χ4v) is 2.85. The predicted molar refractivity (Wildman–Crippen MR) is 87.0 cm³/mol. The number of halogens is 6. The van der Waals surface area contributed by atoms with Crippen molar-refractivity contribution in [3.63, 3.8) is 0 Å². The number of carbonyl (C=O) groups is 1. The summed E-state index contributed by atoms with van der Waals surface area (Å²) in [6.45, 7) is 0. The summed E-state index contributed by atoms with van der Waals surface area (Å²) in [4.78, 5) is 10.9. The molecule has 0 bridgehead atoms. The lowest BCUT2D eigenvalue weighted by molar-refractivity contribution is -0.162. The molecule has 0 aliphatic heterocycles. The van der Waals surface area contributed by atoms with Gasteiger partial charge in [-0.2, -0.15) is 26.3 Å². The van der Waals surface area contributed by atoms with E-state index in [1.54, 1.807) is 18.2 Å². The van der Waals surface area contributed by atoms with Gasteiger partial charge in [0.2, 0.25) is 5.76 Å². The van der Waals surface area contributed by atoms with Crippen LogP contribution in [0.15, 0.2) is 46.9 Å². The summed E-state index contributed by atoms with van der Waals surface area (Å²) in [5, 5.41) is 9.46. The molecule has 0 spiro atoms. The largest absolute Gasteiger partial charge is 0.475 e. The Kier molecular flexibility index (Phi) is 4.86.